The van der Waals surface area contributed by atoms with Crippen LogP contribution in [-0.2, 0) is 0 Å². The van der Waals surface area contributed by atoms with Crippen LogP contribution in [-0.4, -0.2) is 36.6 Å². The van der Waals surface area contributed by atoms with Gasteiger partial charge in [-0.2, -0.15) is 0 Å². The van der Waals surface area contributed by atoms with Crippen molar-refractivity contribution in [1.82, 2.24) is 9.88 Å². The van der Waals surface area contributed by atoms with E-state index < -0.39 is 0 Å². The number of nitrogens with zero attached hydrogens (tertiary/aromatic N) is 2. The molecule has 1 fully saturated rings. The molecular formula is C22H25N3O. The lowest BCUT2D eigenvalue weighted by atomic mass is 9.97. The zero-order valence-electron chi connectivity index (χ0n) is 15.2. The van der Waals surface area contributed by atoms with Gasteiger partial charge in [-0.3, -0.25) is 4.98 Å². The number of benzene rings is 2. The summed E-state index contributed by atoms with van der Waals surface area (Å²) in [5, 5.41) is 2.27. The normalized spacial score (nSPS) is 18.1. The van der Waals surface area contributed by atoms with Gasteiger partial charge >= 0.3 is 0 Å². The van der Waals surface area contributed by atoms with Gasteiger partial charge in [0.1, 0.15) is 5.75 Å². The van der Waals surface area contributed by atoms with Crippen LogP contribution in [0.25, 0.3) is 21.9 Å². The predicted molar refractivity (Wildman–Crippen MR) is 107 cm³/mol. The predicted octanol–water partition coefficient (Wildman–Crippen LogP) is 4.20. The molecule has 4 heteroatoms. The Morgan fingerprint density at radius 3 is 2.77 bits per heavy atom. The van der Waals surface area contributed by atoms with Crippen molar-refractivity contribution in [3.63, 3.8) is 0 Å². The van der Waals surface area contributed by atoms with Crippen molar-refractivity contribution in [1.29, 1.82) is 0 Å². The Bertz CT molecular complexity index is 909. The van der Waals surface area contributed by atoms with Crippen molar-refractivity contribution in [2.75, 3.05) is 32.5 Å². The summed E-state index contributed by atoms with van der Waals surface area (Å²) in [5.74, 6) is 1.54. The standard InChI is InChI=1S/C22H25N3O/c1-25-12-4-5-16(14-25)15-26-22-9-8-18(17-6-2-3-7-19(17)22)20-13-24-11-10-21(20)23/h2-3,6-11,13,16H,4-5,12,14-15H2,1H3,(H2,23,24). The van der Waals surface area contributed by atoms with E-state index in [1.54, 1.807) is 6.20 Å². The molecule has 1 aliphatic heterocycles. The van der Waals surface area contributed by atoms with Gasteiger partial charge in [-0.25, -0.2) is 0 Å². The summed E-state index contributed by atoms with van der Waals surface area (Å²) in [6.45, 7) is 3.08. The van der Waals surface area contributed by atoms with E-state index in [9.17, 15) is 0 Å². The number of aromatic nitrogens is 1. The Kier molecular flexibility index (Phi) is 4.76. The SMILES string of the molecule is CN1CCCC(COc2ccc(-c3cnccc3N)c3ccccc23)C1. The monoisotopic (exact) mass is 347 g/mol. The number of nitrogens with two attached hydrogens (primary N) is 1. The van der Waals surface area contributed by atoms with Gasteiger partial charge in [0.25, 0.3) is 0 Å². The highest BCUT2D eigenvalue weighted by Gasteiger charge is 2.18. The van der Waals surface area contributed by atoms with Crippen molar-refractivity contribution in [2.24, 2.45) is 5.92 Å². The fraction of sp³-hybridized carbons (Fsp3) is 0.318. The van der Waals surface area contributed by atoms with Crippen LogP contribution in [0, 0.1) is 5.92 Å². The van der Waals surface area contributed by atoms with Crippen LogP contribution >= 0.6 is 0 Å². The van der Waals surface area contributed by atoms with E-state index in [0.717, 1.165) is 46.5 Å². The molecule has 26 heavy (non-hydrogen) atoms. The Morgan fingerprint density at radius 2 is 1.96 bits per heavy atom. The summed E-state index contributed by atoms with van der Waals surface area (Å²) in [4.78, 5) is 6.63. The maximum Gasteiger partial charge on any atom is 0.127 e. The molecule has 3 aromatic rings. The smallest absolute Gasteiger partial charge is 0.127 e. The fourth-order valence-corrected chi connectivity index (χ4v) is 3.88. The highest BCUT2D eigenvalue weighted by molar-refractivity contribution is 6.01. The number of ether oxygens (including phenoxy) is 1. The molecule has 1 aliphatic rings. The Hall–Kier alpha value is -2.59. The first-order valence-corrected chi connectivity index (χ1v) is 9.25. The number of nitrogen functional groups attached to an aromatic ring is 1. The van der Waals surface area contributed by atoms with Gasteiger partial charge in [0.15, 0.2) is 0 Å². The molecule has 0 saturated carbocycles. The molecule has 4 nitrogen and oxygen atoms in total. The summed E-state index contributed by atoms with van der Waals surface area (Å²) >= 11 is 0. The molecule has 2 heterocycles. The topological polar surface area (TPSA) is 51.4 Å². The van der Waals surface area contributed by atoms with E-state index in [1.165, 1.54) is 19.4 Å². The largest absolute Gasteiger partial charge is 0.493 e. The third-order valence-electron chi connectivity index (χ3n) is 5.23. The van der Waals surface area contributed by atoms with Gasteiger partial charge in [-0.15, -0.1) is 0 Å². The average Bonchev–Trinajstić information content (AvgIpc) is 2.67. The fourth-order valence-electron chi connectivity index (χ4n) is 3.88. The Labute approximate surface area is 154 Å². The molecule has 2 aromatic carbocycles. The van der Waals surface area contributed by atoms with Crippen molar-refractivity contribution < 1.29 is 4.74 Å². The number of likely N-dealkylation sites (tertiary alicyclic amines) is 1. The maximum atomic E-state index is 6.25. The molecule has 134 valence electrons. The summed E-state index contributed by atoms with van der Waals surface area (Å²) in [6.07, 6.45) is 6.05. The third-order valence-corrected chi connectivity index (χ3v) is 5.23. The molecule has 0 radical (unpaired) electrons. The van der Waals surface area contributed by atoms with E-state index in [2.05, 4.69) is 53.3 Å². The molecule has 2 N–H and O–H groups in total. The van der Waals surface area contributed by atoms with Crippen molar-refractivity contribution >= 4 is 16.5 Å². The summed E-state index contributed by atoms with van der Waals surface area (Å²) in [5.41, 5.74) is 8.97. The molecule has 1 atom stereocenters. The van der Waals surface area contributed by atoms with Gasteiger partial charge in [-0.1, -0.05) is 24.3 Å². The zero-order valence-corrected chi connectivity index (χ0v) is 15.2. The first-order chi connectivity index (χ1) is 12.7. The average molecular weight is 347 g/mol. The summed E-state index contributed by atoms with van der Waals surface area (Å²) < 4.78 is 6.25. The summed E-state index contributed by atoms with van der Waals surface area (Å²) in [7, 11) is 2.19. The van der Waals surface area contributed by atoms with Crippen LogP contribution in [0.1, 0.15) is 12.8 Å². The second-order valence-electron chi connectivity index (χ2n) is 7.20. The van der Waals surface area contributed by atoms with Crippen LogP contribution in [0.4, 0.5) is 5.69 Å². The number of hydrogen-bond acceptors (Lipinski definition) is 4. The molecule has 0 aliphatic carbocycles. The lowest BCUT2D eigenvalue weighted by Gasteiger charge is -2.29. The molecule has 0 spiro atoms. The zero-order chi connectivity index (χ0) is 17.9. The van der Waals surface area contributed by atoms with Crippen molar-refractivity contribution in [2.45, 2.75) is 12.8 Å². The second-order valence-corrected chi connectivity index (χ2v) is 7.20. The third kappa shape index (κ3) is 3.37. The second kappa shape index (κ2) is 7.34. The van der Waals surface area contributed by atoms with Crippen LogP contribution in [0.5, 0.6) is 5.75 Å². The Morgan fingerprint density at radius 1 is 1.12 bits per heavy atom. The number of anilines is 1. The van der Waals surface area contributed by atoms with Gasteiger partial charge in [0, 0.05) is 41.5 Å². The molecule has 0 bridgehead atoms. The van der Waals surface area contributed by atoms with Crippen LogP contribution in [0.2, 0.25) is 0 Å². The van der Waals surface area contributed by atoms with E-state index in [1.807, 2.05) is 12.3 Å². The molecule has 0 amide bonds. The molecule has 1 unspecified atom stereocenters. The van der Waals surface area contributed by atoms with E-state index in [0.29, 0.717) is 5.92 Å². The van der Waals surface area contributed by atoms with Gasteiger partial charge < -0.3 is 15.4 Å². The minimum Gasteiger partial charge on any atom is -0.493 e. The van der Waals surface area contributed by atoms with Gasteiger partial charge in [0.2, 0.25) is 0 Å². The lowest BCUT2D eigenvalue weighted by Crippen LogP contribution is -2.34. The molecule has 1 saturated heterocycles. The first-order valence-electron chi connectivity index (χ1n) is 9.25. The first kappa shape index (κ1) is 16.9. The quantitative estimate of drug-likeness (QED) is 0.768. The van der Waals surface area contributed by atoms with Crippen LogP contribution in [0.15, 0.2) is 54.9 Å². The maximum absolute atomic E-state index is 6.25. The summed E-state index contributed by atoms with van der Waals surface area (Å²) in [6, 6.07) is 14.4. The number of fused-ring (bicyclic) bond motifs is 1. The van der Waals surface area contributed by atoms with E-state index in [4.69, 9.17) is 10.5 Å². The minimum absolute atomic E-state index is 0.598. The van der Waals surface area contributed by atoms with Crippen LogP contribution < -0.4 is 10.5 Å². The minimum atomic E-state index is 0.598. The Balaban J connectivity index is 1.65. The number of hydrogen-bond donors (Lipinski definition) is 1. The van der Waals surface area contributed by atoms with Gasteiger partial charge in [-0.05, 0) is 55.6 Å². The molecule has 4 rings (SSSR count). The molecule has 1 aromatic heterocycles. The van der Waals surface area contributed by atoms with Crippen molar-refractivity contribution in [3.8, 4) is 16.9 Å². The molecular weight excluding hydrogens is 322 g/mol. The number of rotatable bonds is 4. The lowest BCUT2D eigenvalue weighted by molar-refractivity contribution is 0.151. The number of pyridine rings is 1. The highest BCUT2D eigenvalue weighted by atomic mass is 16.5. The highest BCUT2D eigenvalue weighted by Crippen LogP contribution is 2.36. The van der Waals surface area contributed by atoms with E-state index >= 15 is 0 Å². The van der Waals surface area contributed by atoms with Gasteiger partial charge in [0.05, 0.1) is 6.61 Å². The number of piperidine rings is 1. The van der Waals surface area contributed by atoms with E-state index in [-0.39, 0.29) is 0 Å². The van der Waals surface area contributed by atoms with Crippen molar-refractivity contribution in [3.05, 3.63) is 54.9 Å². The van der Waals surface area contributed by atoms with Crippen LogP contribution in [0.3, 0.4) is 0 Å².